The van der Waals surface area contributed by atoms with Crippen molar-refractivity contribution in [1.82, 2.24) is 14.7 Å². The number of hydrogen-bond acceptors (Lipinski definition) is 3. The highest BCUT2D eigenvalue weighted by Gasteiger charge is 2.25. The normalized spacial score (nSPS) is 13.9. The minimum Gasteiger partial charge on any atom is -0.337 e. The summed E-state index contributed by atoms with van der Waals surface area (Å²) in [5.74, 6) is -0.814. The van der Waals surface area contributed by atoms with Crippen LogP contribution >= 0.6 is 0 Å². The number of para-hydroxylation sites is 1. The summed E-state index contributed by atoms with van der Waals surface area (Å²) < 4.78 is 15.2. The van der Waals surface area contributed by atoms with Crippen LogP contribution in [-0.4, -0.2) is 39.6 Å². The smallest absolute Gasteiger partial charge is 0.275 e. The number of benzene rings is 2. The Morgan fingerprint density at radius 3 is 2.64 bits per heavy atom. The van der Waals surface area contributed by atoms with Crippen LogP contribution in [0.4, 0.5) is 10.1 Å². The fourth-order valence-electron chi connectivity index (χ4n) is 3.48. The average molecular weight is 380 g/mol. The van der Waals surface area contributed by atoms with E-state index in [1.807, 2.05) is 24.3 Å². The molecule has 1 saturated heterocycles. The van der Waals surface area contributed by atoms with Crippen LogP contribution in [0.15, 0.2) is 42.5 Å². The molecule has 1 N–H and O–H groups in total. The number of aryl methyl sites for hydroxylation is 1. The van der Waals surface area contributed by atoms with Crippen molar-refractivity contribution in [2.24, 2.45) is 0 Å². The molecule has 1 aliphatic rings. The monoisotopic (exact) mass is 380 g/mol. The molecule has 6 nitrogen and oxygen atoms in total. The third kappa shape index (κ3) is 3.47. The van der Waals surface area contributed by atoms with E-state index in [1.54, 1.807) is 24.0 Å². The number of carbonyl (C=O) groups excluding carboxylic acids is 2. The van der Waals surface area contributed by atoms with Gasteiger partial charge in [0.05, 0.1) is 5.52 Å². The molecule has 0 bridgehead atoms. The molecule has 0 spiro atoms. The van der Waals surface area contributed by atoms with E-state index in [0.29, 0.717) is 16.9 Å². The quantitative estimate of drug-likeness (QED) is 0.755. The van der Waals surface area contributed by atoms with E-state index in [1.165, 1.54) is 10.7 Å². The number of carbonyl (C=O) groups is 2. The Morgan fingerprint density at radius 1 is 1.14 bits per heavy atom. The number of fused-ring (bicyclic) bond motifs is 1. The molecule has 2 aromatic carbocycles. The Balaban J connectivity index is 1.59. The van der Waals surface area contributed by atoms with Gasteiger partial charge in [-0.05, 0) is 43.5 Å². The number of halogens is 1. The zero-order valence-corrected chi connectivity index (χ0v) is 15.6. The molecule has 1 fully saturated rings. The number of aromatic nitrogens is 2. The molecule has 3 aromatic rings. The van der Waals surface area contributed by atoms with Crippen molar-refractivity contribution in [2.75, 3.05) is 18.4 Å². The second kappa shape index (κ2) is 7.42. The number of likely N-dealkylation sites (tertiary alicyclic amines) is 1. The summed E-state index contributed by atoms with van der Waals surface area (Å²) in [6.07, 6.45) is 2.00. The molecule has 0 atom stereocenters. The van der Waals surface area contributed by atoms with Gasteiger partial charge in [-0.3, -0.25) is 14.3 Å². The highest BCUT2D eigenvalue weighted by atomic mass is 19.1. The van der Waals surface area contributed by atoms with Gasteiger partial charge in [-0.15, -0.1) is 0 Å². The van der Waals surface area contributed by atoms with Gasteiger partial charge in [0, 0.05) is 24.2 Å². The molecule has 0 saturated carbocycles. The lowest BCUT2D eigenvalue weighted by atomic mass is 10.2. The molecule has 7 heteroatoms. The first-order valence-electron chi connectivity index (χ1n) is 9.34. The van der Waals surface area contributed by atoms with Crippen LogP contribution in [0.3, 0.4) is 0 Å². The highest BCUT2D eigenvalue weighted by molar-refractivity contribution is 6.05. The van der Waals surface area contributed by atoms with Gasteiger partial charge >= 0.3 is 0 Å². The largest absolute Gasteiger partial charge is 0.337 e. The standard InChI is InChI=1S/C21H21FN4O2/c1-14-8-9-15(12-17(14)22)23-19(27)13-26-18-7-3-2-6-16(18)20(24-26)21(28)25-10-4-5-11-25/h2-3,6-9,12H,4-5,10-11,13H2,1H3,(H,23,27). The van der Waals surface area contributed by atoms with Crippen molar-refractivity contribution in [2.45, 2.75) is 26.3 Å². The third-order valence-corrected chi connectivity index (χ3v) is 5.00. The number of rotatable bonds is 4. The van der Waals surface area contributed by atoms with Crippen molar-refractivity contribution in [3.63, 3.8) is 0 Å². The predicted octanol–water partition coefficient (Wildman–Crippen LogP) is 3.36. The lowest BCUT2D eigenvalue weighted by Crippen LogP contribution is -2.28. The first-order valence-corrected chi connectivity index (χ1v) is 9.34. The number of anilines is 1. The fraction of sp³-hybridized carbons (Fsp3) is 0.286. The minimum absolute atomic E-state index is 0.0662. The summed E-state index contributed by atoms with van der Waals surface area (Å²) in [6, 6.07) is 11.9. The molecule has 0 unspecified atom stereocenters. The maximum atomic E-state index is 13.7. The van der Waals surface area contributed by atoms with Gasteiger partial charge in [0.15, 0.2) is 5.69 Å². The van der Waals surface area contributed by atoms with Gasteiger partial charge in [-0.25, -0.2) is 4.39 Å². The second-order valence-corrected chi connectivity index (χ2v) is 7.03. The van der Waals surface area contributed by atoms with E-state index in [4.69, 9.17) is 0 Å². The molecule has 28 heavy (non-hydrogen) atoms. The SMILES string of the molecule is Cc1ccc(NC(=O)Cn2nc(C(=O)N3CCCC3)c3ccccc32)cc1F. The molecular weight excluding hydrogens is 359 g/mol. The first kappa shape index (κ1) is 18.2. The summed E-state index contributed by atoms with van der Waals surface area (Å²) in [5.41, 5.74) is 1.99. The van der Waals surface area contributed by atoms with Crippen LogP contribution in [0.25, 0.3) is 10.9 Å². The Bertz CT molecular complexity index is 1050. The second-order valence-electron chi connectivity index (χ2n) is 7.03. The topological polar surface area (TPSA) is 67.2 Å². The van der Waals surface area contributed by atoms with Gasteiger partial charge in [0.25, 0.3) is 5.91 Å². The summed E-state index contributed by atoms with van der Waals surface area (Å²) in [5, 5.41) is 7.85. The van der Waals surface area contributed by atoms with E-state index in [0.717, 1.165) is 36.8 Å². The van der Waals surface area contributed by atoms with Crippen molar-refractivity contribution in [1.29, 1.82) is 0 Å². The lowest BCUT2D eigenvalue weighted by Gasteiger charge is -2.13. The molecule has 2 amide bonds. The Kier molecular flexibility index (Phi) is 4.81. The molecule has 1 aliphatic heterocycles. The first-order chi connectivity index (χ1) is 13.5. The van der Waals surface area contributed by atoms with Crippen LogP contribution in [0, 0.1) is 12.7 Å². The van der Waals surface area contributed by atoms with Crippen molar-refractivity contribution in [3.05, 3.63) is 59.5 Å². The van der Waals surface area contributed by atoms with E-state index in [2.05, 4.69) is 10.4 Å². The maximum absolute atomic E-state index is 13.7. The number of nitrogens with one attached hydrogen (secondary N) is 1. The molecule has 0 aliphatic carbocycles. The lowest BCUT2D eigenvalue weighted by molar-refractivity contribution is -0.116. The van der Waals surface area contributed by atoms with Crippen molar-refractivity contribution >= 4 is 28.4 Å². The predicted molar refractivity (Wildman–Crippen MR) is 105 cm³/mol. The van der Waals surface area contributed by atoms with E-state index >= 15 is 0 Å². The summed E-state index contributed by atoms with van der Waals surface area (Å²) in [7, 11) is 0. The van der Waals surface area contributed by atoms with Crippen LogP contribution < -0.4 is 5.32 Å². The third-order valence-electron chi connectivity index (χ3n) is 5.00. The van der Waals surface area contributed by atoms with Gasteiger partial charge in [0.2, 0.25) is 5.91 Å². The van der Waals surface area contributed by atoms with Crippen molar-refractivity contribution < 1.29 is 14.0 Å². The van der Waals surface area contributed by atoms with Gasteiger partial charge in [-0.2, -0.15) is 5.10 Å². The highest BCUT2D eigenvalue weighted by Crippen LogP contribution is 2.22. The van der Waals surface area contributed by atoms with Crippen LogP contribution in [-0.2, 0) is 11.3 Å². The van der Waals surface area contributed by atoms with Crippen LogP contribution in [0.2, 0.25) is 0 Å². The fourth-order valence-corrected chi connectivity index (χ4v) is 3.48. The van der Waals surface area contributed by atoms with Crippen molar-refractivity contribution in [3.8, 4) is 0 Å². The Morgan fingerprint density at radius 2 is 1.89 bits per heavy atom. The van der Waals surface area contributed by atoms with Crippen LogP contribution in [0.5, 0.6) is 0 Å². The maximum Gasteiger partial charge on any atom is 0.275 e. The van der Waals surface area contributed by atoms with Gasteiger partial charge in [0.1, 0.15) is 12.4 Å². The number of amides is 2. The molecule has 0 radical (unpaired) electrons. The van der Waals surface area contributed by atoms with Gasteiger partial charge in [-0.1, -0.05) is 24.3 Å². The molecule has 1 aromatic heterocycles. The molecule has 4 rings (SSSR count). The molecule has 2 heterocycles. The van der Waals surface area contributed by atoms with E-state index in [9.17, 15) is 14.0 Å². The average Bonchev–Trinajstić information content (AvgIpc) is 3.33. The summed E-state index contributed by atoms with van der Waals surface area (Å²) >= 11 is 0. The van der Waals surface area contributed by atoms with E-state index < -0.39 is 0 Å². The zero-order chi connectivity index (χ0) is 19.7. The summed E-state index contributed by atoms with van der Waals surface area (Å²) in [4.78, 5) is 27.1. The van der Waals surface area contributed by atoms with E-state index in [-0.39, 0.29) is 24.2 Å². The number of nitrogens with zero attached hydrogens (tertiary/aromatic N) is 3. The zero-order valence-electron chi connectivity index (χ0n) is 15.6. The number of hydrogen-bond donors (Lipinski definition) is 1. The van der Waals surface area contributed by atoms with Gasteiger partial charge < -0.3 is 10.2 Å². The Hall–Kier alpha value is -3.22. The molecule has 144 valence electrons. The Labute approximate surface area is 161 Å². The van der Waals surface area contributed by atoms with Crippen LogP contribution in [0.1, 0.15) is 28.9 Å². The minimum atomic E-state index is -0.374. The summed E-state index contributed by atoms with van der Waals surface area (Å²) in [6.45, 7) is 3.07. The molecular formula is C21H21FN4O2.